The first-order chi connectivity index (χ1) is 8.27. The molecule has 0 amide bonds. The third kappa shape index (κ3) is 5.40. The summed E-state index contributed by atoms with van der Waals surface area (Å²) in [5, 5.41) is 9.78. The van der Waals surface area contributed by atoms with Crippen LogP contribution < -0.4 is 0 Å². The molecule has 0 aromatic heterocycles. The molecular weight excluding hydrogens is 224 g/mol. The quantitative estimate of drug-likeness (QED) is 0.528. The molecule has 0 bridgehead atoms. The average molecular weight is 249 g/mol. The van der Waals surface area contributed by atoms with E-state index in [4.69, 9.17) is 0 Å². The van der Waals surface area contributed by atoms with Crippen LogP contribution in [0.3, 0.4) is 0 Å². The molecule has 1 N–H and O–H groups in total. The molecule has 0 saturated heterocycles. The van der Waals surface area contributed by atoms with Crippen molar-refractivity contribution in [3.8, 4) is 5.75 Å². The summed E-state index contributed by atoms with van der Waals surface area (Å²) in [6, 6.07) is 11.6. The van der Waals surface area contributed by atoms with Gasteiger partial charge in [0.1, 0.15) is 5.75 Å². The second-order valence-electron chi connectivity index (χ2n) is 4.72. The fourth-order valence-corrected chi connectivity index (χ4v) is 4.49. The van der Waals surface area contributed by atoms with Gasteiger partial charge in [-0.1, -0.05) is 69.8 Å². The van der Waals surface area contributed by atoms with E-state index in [0.717, 1.165) is 11.6 Å². The first-order valence-electron chi connectivity index (χ1n) is 6.88. The zero-order valence-corrected chi connectivity index (χ0v) is 12.2. The Morgan fingerprint density at radius 2 is 1.82 bits per heavy atom. The lowest BCUT2D eigenvalue weighted by Gasteiger charge is -2.13. The molecular formula is C15H25OSi. The first kappa shape index (κ1) is 14.3. The van der Waals surface area contributed by atoms with Crippen LogP contribution in [0.15, 0.2) is 24.3 Å². The van der Waals surface area contributed by atoms with E-state index >= 15 is 0 Å². The van der Waals surface area contributed by atoms with Crippen LogP contribution in [0.5, 0.6) is 5.75 Å². The first-order valence-corrected chi connectivity index (χ1v) is 9.00. The molecule has 2 heteroatoms. The third-order valence-electron chi connectivity index (χ3n) is 3.32. The van der Waals surface area contributed by atoms with Crippen LogP contribution >= 0.6 is 0 Å². The largest absolute Gasteiger partial charge is 0.508 e. The Morgan fingerprint density at radius 3 is 2.47 bits per heavy atom. The van der Waals surface area contributed by atoms with E-state index in [1.807, 2.05) is 18.2 Å². The maximum atomic E-state index is 9.78. The van der Waals surface area contributed by atoms with Gasteiger partial charge < -0.3 is 5.11 Å². The Hall–Kier alpha value is -0.763. The normalized spacial score (nSPS) is 11.0. The van der Waals surface area contributed by atoms with E-state index < -0.39 is 0 Å². The minimum Gasteiger partial charge on any atom is -0.508 e. The molecule has 1 aromatic carbocycles. The smallest absolute Gasteiger partial charge is 0.118 e. The van der Waals surface area contributed by atoms with E-state index in [2.05, 4.69) is 19.9 Å². The molecule has 0 atom stereocenters. The Balaban J connectivity index is 2.38. The minimum atomic E-state index is -0.299. The van der Waals surface area contributed by atoms with Gasteiger partial charge in [-0.05, 0) is 17.7 Å². The minimum absolute atomic E-state index is 0.299. The summed E-state index contributed by atoms with van der Waals surface area (Å²) < 4.78 is 0. The van der Waals surface area contributed by atoms with E-state index in [9.17, 15) is 5.11 Å². The highest BCUT2D eigenvalue weighted by Gasteiger charge is 2.11. The van der Waals surface area contributed by atoms with E-state index in [1.54, 1.807) is 0 Å². The molecule has 1 aromatic rings. The number of rotatable bonds is 8. The van der Waals surface area contributed by atoms with Crippen molar-refractivity contribution in [3.63, 3.8) is 0 Å². The lowest BCUT2D eigenvalue weighted by atomic mass is 10.2. The van der Waals surface area contributed by atoms with Gasteiger partial charge in [0.15, 0.2) is 0 Å². The number of para-hydroxylation sites is 1. The molecule has 95 valence electrons. The number of phenols is 1. The summed E-state index contributed by atoms with van der Waals surface area (Å²) >= 11 is 0. The molecule has 1 nitrogen and oxygen atoms in total. The van der Waals surface area contributed by atoms with Crippen LogP contribution in [0.25, 0.3) is 0 Å². The fourth-order valence-electron chi connectivity index (χ4n) is 2.12. The lowest BCUT2D eigenvalue weighted by Crippen LogP contribution is -2.15. The molecule has 0 aliphatic carbocycles. The maximum absolute atomic E-state index is 9.78. The zero-order chi connectivity index (χ0) is 12.5. The van der Waals surface area contributed by atoms with Gasteiger partial charge in [0.2, 0.25) is 0 Å². The highest BCUT2D eigenvalue weighted by Crippen LogP contribution is 2.20. The summed E-state index contributed by atoms with van der Waals surface area (Å²) in [6.45, 7) is 4.56. The lowest BCUT2D eigenvalue weighted by molar-refractivity contribution is 0.470. The van der Waals surface area contributed by atoms with Crippen molar-refractivity contribution >= 4 is 8.80 Å². The van der Waals surface area contributed by atoms with Crippen molar-refractivity contribution in [1.29, 1.82) is 0 Å². The van der Waals surface area contributed by atoms with Crippen molar-refractivity contribution in [2.45, 2.75) is 57.7 Å². The molecule has 1 rings (SSSR count). The molecule has 1 radical (unpaired) electrons. The number of phenolic OH excluding ortho intramolecular Hbond substituents is 1. The second kappa shape index (κ2) is 8.35. The Labute approximate surface area is 107 Å². The van der Waals surface area contributed by atoms with Gasteiger partial charge >= 0.3 is 0 Å². The Morgan fingerprint density at radius 1 is 1.06 bits per heavy atom. The number of hydrogen-bond acceptors (Lipinski definition) is 1. The molecule has 0 heterocycles. The molecule has 0 aliphatic rings. The van der Waals surface area contributed by atoms with Gasteiger partial charge in [-0.25, -0.2) is 0 Å². The summed E-state index contributed by atoms with van der Waals surface area (Å²) in [5.41, 5.74) is 1.15. The van der Waals surface area contributed by atoms with Crippen LogP contribution in [-0.4, -0.2) is 13.9 Å². The predicted octanol–water partition coefficient (Wildman–Crippen LogP) is 4.57. The maximum Gasteiger partial charge on any atom is 0.118 e. The highest BCUT2D eigenvalue weighted by atomic mass is 28.3. The van der Waals surface area contributed by atoms with Crippen molar-refractivity contribution in [2.24, 2.45) is 0 Å². The van der Waals surface area contributed by atoms with Gasteiger partial charge in [-0.3, -0.25) is 0 Å². The van der Waals surface area contributed by atoms with Crippen molar-refractivity contribution in [2.75, 3.05) is 0 Å². The summed E-state index contributed by atoms with van der Waals surface area (Å²) in [4.78, 5) is 0. The standard InChI is InChI=1S/C15H25OSi/c1-3-5-6-9-12-17(4-2)13-14-10-7-8-11-15(14)16/h7-8,10-11,16H,3-6,9,12-13H2,1-2H3. The molecule has 0 saturated carbocycles. The molecule has 0 fully saturated rings. The van der Waals surface area contributed by atoms with E-state index in [0.29, 0.717) is 5.75 Å². The van der Waals surface area contributed by atoms with Crippen LogP contribution in [0.1, 0.15) is 45.1 Å². The molecule has 0 unspecified atom stereocenters. The van der Waals surface area contributed by atoms with E-state index in [-0.39, 0.29) is 8.80 Å². The van der Waals surface area contributed by atoms with Crippen LogP contribution in [0, 0.1) is 0 Å². The molecule has 17 heavy (non-hydrogen) atoms. The van der Waals surface area contributed by atoms with Gasteiger partial charge in [0.25, 0.3) is 0 Å². The number of aromatic hydroxyl groups is 1. The topological polar surface area (TPSA) is 20.2 Å². The SMILES string of the molecule is CCCCCC[Si](CC)Cc1ccccc1O. The van der Waals surface area contributed by atoms with Gasteiger partial charge in [0.05, 0.1) is 8.80 Å². The highest BCUT2D eigenvalue weighted by molar-refractivity contribution is 6.58. The third-order valence-corrected chi connectivity index (χ3v) is 6.26. The van der Waals surface area contributed by atoms with Gasteiger partial charge in [-0.15, -0.1) is 0 Å². The Bertz CT molecular complexity index is 312. The van der Waals surface area contributed by atoms with Crippen molar-refractivity contribution in [3.05, 3.63) is 29.8 Å². The number of unbranched alkanes of at least 4 members (excludes halogenated alkanes) is 3. The van der Waals surface area contributed by atoms with Crippen LogP contribution in [0.4, 0.5) is 0 Å². The molecule has 0 spiro atoms. The van der Waals surface area contributed by atoms with Crippen molar-refractivity contribution < 1.29 is 5.11 Å². The number of hydrogen-bond donors (Lipinski definition) is 1. The second-order valence-corrected chi connectivity index (χ2v) is 7.78. The number of benzene rings is 1. The predicted molar refractivity (Wildman–Crippen MR) is 77.0 cm³/mol. The van der Waals surface area contributed by atoms with Crippen LogP contribution in [-0.2, 0) is 6.04 Å². The van der Waals surface area contributed by atoms with Gasteiger partial charge in [-0.2, -0.15) is 0 Å². The fraction of sp³-hybridized carbons (Fsp3) is 0.600. The molecule has 0 aliphatic heterocycles. The average Bonchev–Trinajstić information content (AvgIpc) is 2.35. The Kier molecular flexibility index (Phi) is 7.02. The monoisotopic (exact) mass is 249 g/mol. The summed E-state index contributed by atoms with van der Waals surface area (Å²) in [6.07, 6.45) is 5.44. The van der Waals surface area contributed by atoms with E-state index in [1.165, 1.54) is 37.8 Å². The van der Waals surface area contributed by atoms with Crippen LogP contribution in [0.2, 0.25) is 12.1 Å². The van der Waals surface area contributed by atoms with Gasteiger partial charge in [0, 0.05) is 0 Å². The zero-order valence-electron chi connectivity index (χ0n) is 11.2. The summed E-state index contributed by atoms with van der Waals surface area (Å²) in [5.74, 6) is 0.483. The van der Waals surface area contributed by atoms with Crippen molar-refractivity contribution in [1.82, 2.24) is 0 Å². The summed E-state index contributed by atoms with van der Waals surface area (Å²) in [7, 11) is -0.299.